The summed E-state index contributed by atoms with van der Waals surface area (Å²) in [6.07, 6.45) is -2.39. The number of hydrogen-bond acceptors (Lipinski definition) is 3. The molecule has 1 aromatic carbocycles. The summed E-state index contributed by atoms with van der Waals surface area (Å²) in [6.45, 7) is 0. The number of nitrogens with two attached hydrogens (primary N) is 1. The number of benzene rings is 1. The Balaban J connectivity index is 1.95. The van der Waals surface area contributed by atoms with E-state index >= 15 is 0 Å². The molecule has 3 aromatic rings. The zero-order valence-electron chi connectivity index (χ0n) is 10.8. The van der Waals surface area contributed by atoms with Crippen LogP contribution in [0.25, 0.3) is 5.65 Å². The zero-order valence-corrected chi connectivity index (χ0v) is 10.8. The van der Waals surface area contributed by atoms with E-state index in [0.717, 1.165) is 12.1 Å². The predicted octanol–water partition coefficient (Wildman–Crippen LogP) is 2.92. The van der Waals surface area contributed by atoms with Crippen molar-refractivity contribution in [2.45, 2.75) is 12.6 Å². The molecule has 21 heavy (non-hydrogen) atoms. The largest absolute Gasteiger partial charge is 0.416 e. The molecule has 3 rings (SSSR count). The molecule has 0 amide bonds. The third-order valence-corrected chi connectivity index (χ3v) is 3.12. The van der Waals surface area contributed by atoms with Crippen molar-refractivity contribution in [3.05, 3.63) is 59.5 Å². The van der Waals surface area contributed by atoms with Gasteiger partial charge in [0.15, 0.2) is 5.65 Å². The monoisotopic (exact) mass is 292 g/mol. The van der Waals surface area contributed by atoms with Gasteiger partial charge >= 0.3 is 6.18 Å². The van der Waals surface area contributed by atoms with Gasteiger partial charge in [-0.3, -0.25) is 4.40 Å². The molecule has 0 spiro atoms. The van der Waals surface area contributed by atoms with Crippen molar-refractivity contribution in [3.63, 3.8) is 0 Å². The Bertz CT molecular complexity index is 792. The van der Waals surface area contributed by atoms with Crippen LogP contribution in [0.4, 0.5) is 18.9 Å². The van der Waals surface area contributed by atoms with Gasteiger partial charge in [-0.1, -0.05) is 18.2 Å². The quantitative estimate of drug-likeness (QED) is 0.790. The number of nitrogen functional groups attached to an aromatic ring is 1. The molecule has 0 fully saturated rings. The summed E-state index contributed by atoms with van der Waals surface area (Å²) in [4.78, 5) is 0. The molecule has 0 radical (unpaired) electrons. The Morgan fingerprint density at radius 1 is 1.10 bits per heavy atom. The molecule has 0 saturated carbocycles. The van der Waals surface area contributed by atoms with Crippen LogP contribution in [0.1, 0.15) is 17.0 Å². The minimum atomic E-state index is -4.35. The van der Waals surface area contributed by atoms with E-state index in [0.29, 0.717) is 22.7 Å². The molecule has 0 unspecified atom stereocenters. The highest BCUT2D eigenvalue weighted by molar-refractivity contribution is 5.51. The highest BCUT2D eigenvalue weighted by Crippen LogP contribution is 2.29. The molecule has 0 aliphatic heterocycles. The Kier molecular flexibility index (Phi) is 3.04. The van der Waals surface area contributed by atoms with Gasteiger partial charge < -0.3 is 5.73 Å². The highest BCUT2D eigenvalue weighted by atomic mass is 19.4. The van der Waals surface area contributed by atoms with Crippen molar-refractivity contribution in [2.75, 3.05) is 5.73 Å². The van der Waals surface area contributed by atoms with Crippen LogP contribution in [0.2, 0.25) is 0 Å². The second-order valence-corrected chi connectivity index (χ2v) is 4.68. The molecule has 0 atom stereocenters. The van der Waals surface area contributed by atoms with E-state index in [-0.39, 0.29) is 6.42 Å². The average molecular weight is 292 g/mol. The lowest BCUT2D eigenvalue weighted by molar-refractivity contribution is -0.137. The Hall–Kier alpha value is -2.57. The smallest absolute Gasteiger partial charge is 0.399 e. The van der Waals surface area contributed by atoms with Gasteiger partial charge in [0.05, 0.1) is 5.56 Å². The molecule has 2 aromatic heterocycles. The van der Waals surface area contributed by atoms with Crippen LogP contribution in [0, 0.1) is 0 Å². The predicted molar refractivity (Wildman–Crippen MR) is 71.6 cm³/mol. The molecule has 0 aliphatic carbocycles. The van der Waals surface area contributed by atoms with Gasteiger partial charge in [-0.15, -0.1) is 10.2 Å². The minimum absolute atomic E-state index is 0.259. The van der Waals surface area contributed by atoms with Gasteiger partial charge in [0.1, 0.15) is 5.82 Å². The zero-order chi connectivity index (χ0) is 15.0. The second kappa shape index (κ2) is 4.76. The van der Waals surface area contributed by atoms with Crippen LogP contribution in [0.3, 0.4) is 0 Å². The summed E-state index contributed by atoms with van der Waals surface area (Å²) in [5.41, 5.74) is 6.63. The third-order valence-electron chi connectivity index (χ3n) is 3.12. The SMILES string of the molecule is Nc1ccn2c(Cc3cccc(C(F)(F)F)c3)nnc2c1. The van der Waals surface area contributed by atoms with E-state index in [1.54, 1.807) is 28.8 Å². The first-order valence-corrected chi connectivity index (χ1v) is 6.19. The fourth-order valence-electron chi connectivity index (χ4n) is 2.12. The maximum absolute atomic E-state index is 12.7. The summed E-state index contributed by atoms with van der Waals surface area (Å²) in [7, 11) is 0. The maximum Gasteiger partial charge on any atom is 0.416 e. The lowest BCUT2D eigenvalue weighted by Crippen LogP contribution is -2.06. The van der Waals surface area contributed by atoms with Crippen molar-refractivity contribution in [1.29, 1.82) is 0 Å². The van der Waals surface area contributed by atoms with Crippen molar-refractivity contribution in [2.24, 2.45) is 0 Å². The van der Waals surface area contributed by atoms with Crippen molar-refractivity contribution < 1.29 is 13.2 Å². The lowest BCUT2D eigenvalue weighted by Gasteiger charge is -2.08. The Morgan fingerprint density at radius 2 is 1.90 bits per heavy atom. The van der Waals surface area contributed by atoms with Crippen LogP contribution in [-0.4, -0.2) is 14.6 Å². The first kappa shape index (κ1) is 13.4. The molecule has 108 valence electrons. The number of alkyl halides is 3. The summed E-state index contributed by atoms with van der Waals surface area (Å²) < 4.78 is 39.8. The van der Waals surface area contributed by atoms with Gasteiger partial charge in [-0.2, -0.15) is 13.2 Å². The van der Waals surface area contributed by atoms with Crippen molar-refractivity contribution in [3.8, 4) is 0 Å². The van der Waals surface area contributed by atoms with Crippen LogP contribution < -0.4 is 5.73 Å². The number of rotatable bonds is 2. The first-order chi connectivity index (χ1) is 9.93. The van der Waals surface area contributed by atoms with E-state index in [4.69, 9.17) is 5.73 Å². The van der Waals surface area contributed by atoms with Gasteiger partial charge in [-0.25, -0.2) is 0 Å². The van der Waals surface area contributed by atoms with Gasteiger partial charge in [0.2, 0.25) is 0 Å². The topological polar surface area (TPSA) is 56.2 Å². The molecule has 7 heteroatoms. The molecule has 0 aliphatic rings. The Labute approximate surface area is 118 Å². The summed E-state index contributed by atoms with van der Waals surface area (Å²) in [5.74, 6) is 0.560. The molecule has 4 nitrogen and oxygen atoms in total. The van der Waals surface area contributed by atoms with Crippen LogP contribution in [0.15, 0.2) is 42.6 Å². The van der Waals surface area contributed by atoms with Crippen LogP contribution in [-0.2, 0) is 12.6 Å². The van der Waals surface area contributed by atoms with Crippen LogP contribution in [0.5, 0.6) is 0 Å². The average Bonchev–Trinajstić information content (AvgIpc) is 2.80. The second-order valence-electron chi connectivity index (χ2n) is 4.68. The summed E-state index contributed by atoms with van der Waals surface area (Å²) >= 11 is 0. The molecule has 0 saturated heterocycles. The van der Waals surface area contributed by atoms with Gasteiger partial charge in [-0.05, 0) is 17.7 Å². The Morgan fingerprint density at radius 3 is 2.67 bits per heavy atom. The lowest BCUT2D eigenvalue weighted by atomic mass is 10.1. The van der Waals surface area contributed by atoms with Crippen LogP contribution >= 0.6 is 0 Å². The minimum Gasteiger partial charge on any atom is -0.399 e. The summed E-state index contributed by atoms with van der Waals surface area (Å²) in [6, 6.07) is 8.53. The molecule has 0 bridgehead atoms. The molecular formula is C14H11F3N4. The molecule has 2 N–H and O–H groups in total. The van der Waals surface area contributed by atoms with Gasteiger partial charge in [0.25, 0.3) is 0 Å². The van der Waals surface area contributed by atoms with E-state index in [9.17, 15) is 13.2 Å². The third kappa shape index (κ3) is 2.67. The number of hydrogen-bond donors (Lipinski definition) is 1. The summed E-state index contributed by atoms with van der Waals surface area (Å²) in [5, 5.41) is 7.96. The normalized spacial score (nSPS) is 12.0. The van der Waals surface area contributed by atoms with Crippen molar-refractivity contribution >= 4 is 11.3 Å². The number of anilines is 1. The van der Waals surface area contributed by atoms with E-state index < -0.39 is 11.7 Å². The number of aromatic nitrogens is 3. The van der Waals surface area contributed by atoms with E-state index in [2.05, 4.69) is 10.2 Å². The van der Waals surface area contributed by atoms with E-state index in [1.807, 2.05) is 0 Å². The number of nitrogens with zero attached hydrogens (tertiary/aromatic N) is 3. The molecular weight excluding hydrogens is 281 g/mol. The number of halogens is 3. The number of pyridine rings is 1. The molecule has 2 heterocycles. The fraction of sp³-hybridized carbons (Fsp3) is 0.143. The van der Waals surface area contributed by atoms with E-state index in [1.165, 1.54) is 6.07 Å². The van der Waals surface area contributed by atoms with Gasteiger partial charge in [0, 0.05) is 24.4 Å². The standard InChI is InChI=1S/C14H11F3N4/c15-14(16,17)10-3-1-2-9(6-10)7-12-19-20-13-8-11(18)4-5-21(12)13/h1-6,8H,7,18H2. The number of fused-ring (bicyclic) bond motifs is 1. The highest BCUT2D eigenvalue weighted by Gasteiger charge is 2.30. The fourth-order valence-corrected chi connectivity index (χ4v) is 2.12. The van der Waals surface area contributed by atoms with Crippen molar-refractivity contribution in [1.82, 2.24) is 14.6 Å². The maximum atomic E-state index is 12.7. The first-order valence-electron chi connectivity index (χ1n) is 6.19.